The number of amides is 1. The monoisotopic (exact) mass is 242 g/mol. The molecule has 0 aromatic carbocycles. The highest BCUT2D eigenvalue weighted by molar-refractivity contribution is 5.82. The molecule has 0 bridgehead atoms. The molecule has 1 saturated heterocycles. The van der Waals surface area contributed by atoms with Crippen molar-refractivity contribution >= 4 is 5.91 Å². The second kappa shape index (κ2) is 5.80. The van der Waals surface area contributed by atoms with Crippen molar-refractivity contribution in [3.05, 3.63) is 0 Å². The van der Waals surface area contributed by atoms with E-state index in [1.165, 1.54) is 0 Å². The van der Waals surface area contributed by atoms with Gasteiger partial charge in [0.15, 0.2) is 0 Å². The van der Waals surface area contributed by atoms with Crippen molar-refractivity contribution in [2.24, 2.45) is 0 Å². The number of hydrogen-bond donors (Lipinski definition) is 2. The van der Waals surface area contributed by atoms with Crippen LogP contribution in [0.4, 0.5) is 0 Å². The number of aliphatic hydroxyl groups excluding tert-OH is 1. The lowest BCUT2D eigenvalue weighted by molar-refractivity contribution is -0.140. The van der Waals surface area contributed by atoms with Crippen molar-refractivity contribution < 1.29 is 14.6 Å². The first-order valence-corrected chi connectivity index (χ1v) is 6.46. The first kappa shape index (κ1) is 12.8. The van der Waals surface area contributed by atoms with Crippen LogP contribution in [0.2, 0.25) is 0 Å². The van der Waals surface area contributed by atoms with Gasteiger partial charge in [-0.2, -0.15) is 0 Å². The molecular formula is C12H22N2O3. The Kier molecular flexibility index (Phi) is 4.36. The number of likely N-dealkylation sites (N-methyl/N-ethyl adjacent to an activating group) is 1. The number of carbonyl (C=O) groups is 1. The smallest absolute Gasteiger partial charge is 0.242 e. The van der Waals surface area contributed by atoms with E-state index >= 15 is 0 Å². The van der Waals surface area contributed by atoms with Crippen molar-refractivity contribution in [2.45, 2.75) is 43.9 Å². The molecule has 17 heavy (non-hydrogen) atoms. The SMILES string of the molecule is CN(C(=O)C1COCCN1)C1CCCCC1O. The topological polar surface area (TPSA) is 61.8 Å². The first-order valence-electron chi connectivity index (χ1n) is 6.46. The highest BCUT2D eigenvalue weighted by Gasteiger charge is 2.33. The average Bonchev–Trinajstić information content (AvgIpc) is 2.39. The summed E-state index contributed by atoms with van der Waals surface area (Å²) < 4.78 is 5.30. The molecule has 0 spiro atoms. The maximum absolute atomic E-state index is 12.2. The van der Waals surface area contributed by atoms with Gasteiger partial charge in [0, 0.05) is 13.6 Å². The highest BCUT2D eigenvalue weighted by Crippen LogP contribution is 2.22. The van der Waals surface area contributed by atoms with Crippen LogP contribution in [0.15, 0.2) is 0 Å². The van der Waals surface area contributed by atoms with Gasteiger partial charge in [0.1, 0.15) is 6.04 Å². The zero-order valence-corrected chi connectivity index (χ0v) is 10.4. The van der Waals surface area contributed by atoms with Crippen molar-refractivity contribution in [3.8, 4) is 0 Å². The number of nitrogens with one attached hydrogen (secondary N) is 1. The number of rotatable bonds is 2. The van der Waals surface area contributed by atoms with Crippen LogP contribution >= 0.6 is 0 Å². The summed E-state index contributed by atoms with van der Waals surface area (Å²) in [6, 6.07) is -0.275. The standard InChI is InChI=1S/C12H22N2O3/c1-14(10-4-2-3-5-11(10)15)12(16)9-8-17-7-6-13-9/h9-11,13,15H,2-8H2,1H3. The molecule has 5 nitrogen and oxygen atoms in total. The van der Waals surface area contributed by atoms with Crippen molar-refractivity contribution in [1.82, 2.24) is 10.2 Å². The minimum Gasteiger partial charge on any atom is -0.391 e. The molecule has 5 heteroatoms. The lowest BCUT2D eigenvalue weighted by Crippen LogP contribution is -2.56. The second-order valence-corrected chi connectivity index (χ2v) is 4.95. The molecule has 1 aliphatic carbocycles. The van der Waals surface area contributed by atoms with E-state index in [-0.39, 0.29) is 24.1 Å². The zero-order valence-electron chi connectivity index (χ0n) is 10.4. The Morgan fingerprint density at radius 1 is 1.41 bits per heavy atom. The Labute approximate surface area is 102 Å². The number of hydrogen-bond acceptors (Lipinski definition) is 4. The van der Waals surface area contributed by atoms with Gasteiger partial charge in [0.2, 0.25) is 5.91 Å². The minimum atomic E-state index is -0.373. The summed E-state index contributed by atoms with van der Waals surface area (Å²) >= 11 is 0. The third-order valence-corrected chi connectivity index (χ3v) is 3.76. The fourth-order valence-corrected chi connectivity index (χ4v) is 2.68. The van der Waals surface area contributed by atoms with E-state index in [0.29, 0.717) is 13.2 Å². The van der Waals surface area contributed by atoms with Crippen LogP contribution < -0.4 is 5.32 Å². The van der Waals surface area contributed by atoms with E-state index in [1.807, 2.05) is 0 Å². The number of morpholine rings is 1. The van der Waals surface area contributed by atoms with Gasteiger partial charge in [-0.15, -0.1) is 0 Å². The first-order chi connectivity index (χ1) is 8.20. The molecule has 2 N–H and O–H groups in total. The van der Waals surface area contributed by atoms with Crippen LogP contribution in [0.1, 0.15) is 25.7 Å². The van der Waals surface area contributed by atoms with Crippen LogP contribution in [0.25, 0.3) is 0 Å². The van der Waals surface area contributed by atoms with Crippen LogP contribution in [-0.2, 0) is 9.53 Å². The predicted octanol–water partition coefficient (Wildman–Crippen LogP) is -0.263. The maximum atomic E-state index is 12.2. The van der Waals surface area contributed by atoms with Crippen LogP contribution in [0.5, 0.6) is 0 Å². The Bertz CT molecular complexity index is 266. The van der Waals surface area contributed by atoms with Crippen LogP contribution in [0.3, 0.4) is 0 Å². The summed E-state index contributed by atoms with van der Waals surface area (Å²) in [6.45, 7) is 1.82. The molecule has 1 aliphatic heterocycles. The minimum absolute atomic E-state index is 0.0278. The Balaban J connectivity index is 1.92. The summed E-state index contributed by atoms with van der Waals surface area (Å²) in [5.74, 6) is 0.0376. The Morgan fingerprint density at radius 2 is 2.18 bits per heavy atom. The average molecular weight is 242 g/mol. The molecular weight excluding hydrogens is 220 g/mol. The molecule has 3 atom stereocenters. The van der Waals surface area contributed by atoms with E-state index < -0.39 is 0 Å². The fourth-order valence-electron chi connectivity index (χ4n) is 2.68. The third-order valence-electron chi connectivity index (χ3n) is 3.76. The van der Waals surface area contributed by atoms with Crippen LogP contribution in [0, 0.1) is 0 Å². The van der Waals surface area contributed by atoms with Crippen molar-refractivity contribution in [2.75, 3.05) is 26.8 Å². The van der Waals surface area contributed by atoms with E-state index in [1.54, 1.807) is 11.9 Å². The zero-order chi connectivity index (χ0) is 12.3. The molecule has 0 aromatic heterocycles. The van der Waals surface area contributed by atoms with E-state index in [4.69, 9.17) is 4.74 Å². The number of nitrogens with zero attached hydrogens (tertiary/aromatic N) is 1. The van der Waals surface area contributed by atoms with Gasteiger partial charge < -0.3 is 20.1 Å². The van der Waals surface area contributed by atoms with Gasteiger partial charge in [-0.1, -0.05) is 12.8 Å². The summed E-state index contributed by atoms with van der Waals surface area (Å²) in [7, 11) is 1.79. The molecule has 2 aliphatic rings. The van der Waals surface area contributed by atoms with Crippen LogP contribution in [-0.4, -0.2) is 60.9 Å². The van der Waals surface area contributed by atoms with E-state index in [0.717, 1.165) is 32.2 Å². The highest BCUT2D eigenvalue weighted by atomic mass is 16.5. The summed E-state index contributed by atoms with van der Waals surface area (Å²) in [4.78, 5) is 13.9. The molecule has 2 fully saturated rings. The molecule has 1 heterocycles. The lowest BCUT2D eigenvalue weighted by Gasteiger charge is -2.37. The maximum Gasteiger partial charge on any atom is 0.242 e. The normalized spacial score (nSPS) is 34.4. The van der Waals surface area contributed by atoms with Crippen molar-refractivity contribution in [3.63, 3.8) is 0 Å². The molecule has 98 valence electrons. The Hall–Kier alpha value is -0.650. The Morgan fingerprint density at radius 3 is 2.82 bits per heavy atom. The predicted molar refractivity (Wildman–Crippen MR) is 63.6 cm³/mol. The number of carbonyl (C=O) groups excluding carboxylic acids is 1. The molecule has 0 aromatic rings. The third kappa shape index (κ3) is 2.97. The van der Waals surface area contributed by atoms with E-state index in [9.17, 15) is 9.90 Å². The summed E-state index contributed by atoms with van der Waals surface area (Å²) in [5.41, 5.74) is 0. The molecule has 3 unspecified atom stereocenters. The van der Waals surface area contributed by atoms with Gasteiger partial charge >= 0.3 is 0 Å². The summed E-state index contributed by atoms with van der Waals surface area (Å²) in [5, 5.41) is 13.1. The van der Waals surface area contributed by atoms with Gasteiger partial charge in [0.25, 0.3) is 0 Å². The van der Waals surface area contributed by atoms with Gasteiger partial charge in [-0.3, -0.25) is 4.79 Å². The van der Waals surface area contributed by atoms with E-state index in [2.05, 4.69) is 5.32 Å². The number of ether oxygens (including phenoxy) is 1. The molecule has 1 saturated carbocycles. The van der Waals surface area contributed by atoms with Crippen molar-refractivity contribution in [1.29, 1.82) is 0 Å². The molecule has 0 radical (unpaired) electrons. The largest absolute Gasteiger partial charge is 0.391 e. The summed E-state index contributed by atoms with van der Waals surface area (Å²) in [6.07, 6.45) is 3.48. The van der Waals surface area contributed by atoms with Gasteiger partial charge in [0.05, 0.1) is 25.4 Å². The molecule has 1 amide bonds. The molecule has 2 rings (SSSR count). The number of aliphatic hydroxyl groups is 1. The fraction of sp³-hybridized carbons (Fsp3) is 0.917. The second-order valence-electron chi connectivity index (χ2n) is 4.95. The van der Waals surface area contributed by atoms with Gasteiger partial charge in [-0.05, 0) is 12.8 Å². The van der Waals surface area contributed by atoms with Gasteiger partial charge in [-0.25, -0.2) is 0 Å². The quantitative estimate of drug-likeness (QED) is 0.700. The lowest BCUT2D eigenvalue weighted by atomic mass is 9.91.